The molecular formula is C15H23F2N3O2. The second-order valence-electron chi connectivity index (χ2n) is 6.74. The molecule has 124 valence electrons. The normalized spacial score (nSPS) is 32.5. The molecule has 2 unspecified atom stereocenters. The first kappa shape index (κ1) is 15.6. The van der Waals surface area contributed by atoms with E-state index in [4.69, 9.17) is 0 Å². The number of alkyl halides is 2. The van der Waals surface area contributed by atoms with Crippen LogP contribution in [0.4, 0.5) is 8.78 Å². The minimum atomic E-state index is -2.82. The minimum Gasteiger partial charge on any atom is -0.350 e. The lowest BCUT2D eigenvalue weighted by Gasteiger charge is -2.31. The first-order valence-corrected chi connectivity index (χ1v) is 8.16. The number of nitrogens with one attached hydrogen (secondary N) is 2. The van der Waals surface area contributed by atoms with Gasteiger partial charge in [0.2, 0.25) is 11.8 Å². The molecule has 0 radical (unpaired) electrons. The predicted molar refractivity (Wildman–Crippen MR) is 76.5 cm³/mol. The van der Waals surface area contributed by atoms with Gasteiger partial charge < -0.3 is 10.2 Å². The molecule has 2 heterocycles. The van der Waals surface area contributed by atoms with Gasteiger partial charge in [0.15, 0.2) is 0 Å². The van der Waals surface area contributed by atoms with Crippen molar-refractivity contribution in [2.45, 2.75) is 69.0 Å². The van der Waals surface area contributed by atoms with Crippen LogP contribution in [0.1, 0.15) is 44.9 Å². The molecule has 3 fully saturated rings. The number of hydrogen-bond donors (Lipinski definition) is 2. The molecule has 0 aromatic rings. The van der Waals surface area contributed by atoms with Crippen molar-refractivity contribution in [3.05, 3.63) is 0 Å². The van der Waals surface area contributed by atoms with E-state index in [-0.39, 0.29) is 24.4 Å². The molecule has 0 spiro atoms. The van der Waals surface area contributed by atoms with Crippen molar-refractivity contribution in [1.82, 2.24) is 15.5 Å². The topological polar surface area (TPSA) is 61.4 Å². The van der Waals surface area contributed by atoms with Gasteiger partial charge in [-0.1, -0.05) is 19.3 Å². The van der Waals surface area contributed by atoms with Crippen LogP contribution in [0.5, 0.6) is 0 Å². The van der Waals surface area contributed by atoms with E-state index in [0.717, 1.165) is 25.7 Å². The lowest BCUT2D eigenvalue weighted by molar-refractivity contribution is -0.130. The Morgan fingerprint density at radius 1 is 1.27 bits per heavy atom. The average Bonchev–Trinajstić information content (AvgIpc) is 3.02. The Balaban J connectivity index is 1.51. The molecule has 2 atom stereocenters. The van der Waals surface area contributed by atoms with E-state index < -0.39 is 30.8 Å². The van der Waals surface area contributed by atoms with Crippen molar-refractivity contribution >= 4 is 11.8 Å². The van der Waals surface area contributed by atoms with Crippen LogP contribution < -0.4 is 10.6 Å². The Morgan fingerprint density at radius 2 is 2.00 bits per heavy atom. The van der Waals surface area contributed by atoms with E-state index in [1.54, 1.807) is 0 Å². The molecule has 5 nitrogen and oxygen atoms in total. The zero-order chi connectivity index (χ0) is 15.7. The van der Waals surface area contributed by atoms with Crippen LogP contribution in [0.15, 0.2) is 0 Å². The second kappa shape index (κ2) is 6.10. The van der Waals surface area contributed by atoms with Crippen molar-refractivity contribution in [2.24, 2.45) is 0 Å². The molecule has 2 amide bonds. The third-order valence-electron chi connectivity index (χ3n) is 4.95. The molecule has 2 N–H and O–H groups in total. The van der Waals surface area contributed by atoms with Gasteiger partial charge in [0.25, 0.3) is 5.92 Å². The molecule has 0 aromatic carbocycles. The maximum atomic E-state index is 13.1. The van der Waals surface area contributed by atoms with Gasteiger partial charge in [0, 0.05) is 25.4 Å². The van der Waals surface area contributed by atoms with Crippen LogP contribution in [0.2, 0.25) is 0 Å². The van der Waals surface area contributed by atoms with Crippen LogP contribution >= 0.6 is 0 Å². The van der Waals surface area contributed by atoms with E-state index in [1.807, 2.05) is 4.90 Å². The highest BCUT2D eigenvalue weighted by Crippen LogP contribution is 2.27. The smallest absolute Gasteiger partial charge is 0.262 e. The van der Waals surface area contributed by atoms with E-state index in [2.05, 4.69) is 10.6 Å². The maximum Gasteiger partial charge on any atom is 0.262 e. The quantitative estimate of drug-likeness (QED) is 0.818. The molecule has 2 aliphatic heterocycles. The molecule has 3 aliphatic rings. The fraction of sp³-hybridized carbons (Fsp3) is 0.867. The number of nitrogens with zero attached hydrogens (tertiary/aromatic N) is 1. The molecule has 1 aliphatic carbocycles. The highest BCUT2D eigenvalue weighted by molar-refractivity contribution is 5.85. The molecule has 22 heavy (non-hydrogen) atoms. The van der Waals surface area contributed by atoms with Crippen molar-refractivity contribution < 1.29 is 18.4 Å². The summed E-state index contributed by atoms with van der Waals surface area (Å²) in [5, 5.41) is 5.31. The van der Waals surface area contributed by atoms with Crippen molar-refractivity contribution in [1.29, 1.82) is 0 Å². The molecule has 2 saturated heterocycles. The Morgan fingerprint density at radius 3 is 2.64 bits per heavy atom. The molecule has 3 rings (SSSR count). The zero-order valence-electron chi connectivity index (χ0n) is 12.6. The largest absolute Gasteiger partial charge is 0.350 e. The third-order valence-corrected chi connectivity index (χ3v) is 4.95. The number of likely N-dealkylation sites (tertiary alicyclic amines) is 1. The number of hydrogen-bond acceptors (Lipinski definition) is 3. The van der Waals surface area contributed by atoms with E-state index >= 15 is 0 Å². The lowest BCUT2D eigenvalue weighted by atomic mass is 9.94. The zero-order valence-corrected chi connectivity index (χ0v) is 12.6. The van der Waals surface area contributed by atoms with Gasteiger partial charge in [-0.05, 0) is 12.8 Å². The van der Waals surface area contributed by atoms with E-state index in [0.29, 0.717) is 6.54 Å². The summed E-state index contributed by atoms with van der Waals surface area (Å²) >= 11 is 0. The first-order chi connectivity index (χ1) is 10.4. The van der Waals surface area contributed by atoms with Crippen molar-refractivity contribution in [3.63, 3.8) is 0 Å². The number of amides is 2. The number of carbonyl (C=O) groups excluding carboxylic acids is 2. The Labute approximate surface area is 128 Å². The molecule has 7 heteroatoms. The van der Waals surface area contributed by atoms with Crippen LogP contribution in [0.3, 0.4) is 0 Å². The van der Waals surface area contributed by atoms with Crippen molar-refractivity contribution in [2.75, 3.05) is 13.1 Å². The third kappa shape index (κ3) is 3.39. The van der Waals surface area contributed by atoms with Gasteiger partial charge >= 0.3 is 0 Å². The highest BCUT2D eigenvalue weighted by Gasteiger charge is 2.43. The van der Waals surface area contributed by atoms with Crippen LogP contribution in [0, 0.1) is 0 Å². The summed E-state index contributed by atoms with van der Waals surface area (Å²) in [5.41, 5.74) is 0. The van der Waals surface area contributed by atoms with Crippen molar-refractivity contribution in [3.8, 4) is 0 Å². The van der Waals surface area contributed by atoms with Gasteiger partial charge in [-0.25, -0.2) is 8.78 Å². The molecule has 0 aromatic heterocycles. The van der Waals surface area contributed by atoms with Crippen LogP contribution in [0.25, 0.3) is 0 Å². The summed E-state index contributed by atoms with van der Waals surface area (Å²) in [6.07, 6.45) is 5.39. The standard InChI is InChI=1S/C15H23F2N3O2/c16-15(17)7-12(18-9-15)14(22)19-10-6-13(21)20(8-10)11-4-2-1-3-5-11/h10-12,18H,1-9H2,(H,19,22). The molecular weight excluding hydrogens is 292 g/mol. The first-order valence-electron chi connectivity index (χ1n) is 8.16. The van der Waals surface area contributed by atoms with Gasteiger partial charge in [0.1, 0.15) is 0 Å². The Hall–Kier alpha value is -1.24. The van der Waals surface area contributed by atoms with Gasteiger partial charge in [0.05, 0.1) is 18.6 Å². The summed E-state index contributed by atoms with van der Waals surface area (Å²) in [5.74, 6) is -3.16. The summed E-state index contributed by atoms with van der Waals surface area (Å²) in [7, 11) is 0. The van der Waals surface area contributed by atoms with Gasteiger partial charge in [-0.3, -0.25) is 14.9 Å². The summed E-state index contributed by atoms with van der Waals surface area (Å²) < 4.78 is 26.3. The fourth-order valence-corrected chi connectivity index (χ4v) is 3.78. The summed E-state index contributed by atoms with van der Waals surface area (Å²) in [6.45, 7) is 0.0568. The Kier molecular flexibility index (Phi) is 4.34. The van der Waals surface area contributed by atoms with Crippen LogP contribution in [-0.4, -0.2) is 53.9 Å². The van der Waals surface area contributed by atoms with Gasteiger partial charge in [-0.2, -0.15) is 0 Å². The highest BCUT2D eigenvalue weighted by atomic mass is 19.3. The van der Waals surface area contributed by atoms with E-state index in [9.17, 15) is 18.4 Å². The average molecular weight is 315 g/mol. The lowest BCUT2D eigenvalue weighted by Crippen LogP contribution is -2.47. The van der Waals surface area contributed by atoms with E-state index in [1.165, 1.54) is 6.42 Å². The Bertz CT molecular complexity index is 452. The summed E-state index contributed by atoms with van der Waals surface area (Å²) in [6, 6.07) is -0.816. The number of halogens is 2. The van der Waals surface area contributed by atoms with Crippen LogP contribution in [-0.2, 0) is 9.59 Å². The molecule has 0 bridgehead atoms. The number of carbonyl (C=O) groups is 2. The SMILES string of the molecule is O=C(NC1CC(=O)N(C2CCCCC2)C1)C1CC(F)(F)CN1. The van der Waals surface area contributed by atoms with Gasteiger partial charge in [-0.15, -0.1) is 0 Å². The maximum absolute atomic E-state index is 13.1. The fourth-order valence-electron chi connectivity index (χ4n) is 3.78. The summed E-state index contributed by atoms with van der Waals surface area (Å²) in [4.78, 5) is 26.0. The monoisotopic (exact) mass is 315 g/mol. The predicted octanol–water partition coefficient (Wildman–Crippen LogP) is 1.03. The minimum absolute atomic E-state index is 0.0712. The number of rotatable bonds is 3. The second-order valence-corrected chi connectivity index (χ2v) is 6.74. The molecule has 1 saturated carbocycles.